The van der Waals surface area contributed by atoms with E-state index in [0.29, 0.717) is 18.4 Å². The van der Waals surface area contributed by atoms with Gasteiger partial charge in [0.05, 0.1) is 13.7 Å². The third-order valence-corrected chi connectivity index (χ3v) is 4.75. The molecule has 2 atom stereocenters. The maximum absolute atomic E-state index is 11.7. The molecule has 0 spiro atoms. The number of hydrogen-bond donors (Lipinski definition) is 0. The van der Waals surface area contributed by atoms with E-state index < -0.39 is 0 Å². The van der Waals surface area contributed by atoms with Gasteiger partial charge in [-0.3, -0.25) is 0 Å². The van der Waals surface area contributed by atoms with E-state index in [2.05, 4.69) is 19.1 Å². The van der Waals surface area contributed by atoms with Crippen LogP contribution in [0.5, 0.6) is 5.75 Å². The molecule has 0 aromatic heterocycles. The van der Waals surface area contributed by atoms with Gasteiger partial charge >= 0.3 is 6.09 Å². The molecule has 0 heterocycles. The van der Waals surface area contributed by atoms with Crippen LogP contribution in [0.4, 0.5) is 4.79 Å². The number of rotatable bonds is 5. The van der Waals surface area contributed by atoms with E-state index in [1.807, 2.05) is 20.0 Å². The Kier molecular flexibility index (Phi) is 5.69. The summed E-state index contributed by atoms with van der Waals surface area (Å²) in [5.41, 5.74) is 2.83. The topological polar surface area (TPSA) is 38.8 Å². The summed E-state index contributed by atoms with van der Waals surface area (Å²) in [6.07, 6.45) is 3.06. The maximum atomic E-state index is 11.7. The van der Waals surface area contributed by atoms with Crippen LogP contribution in [0.1, 0.15) is 43.7 Å². The first kappa shape index (κ1) is 16.7. The van der Waals surface area contributed by atoms with Gasteiger partial charge in [-0.15, -0.1) is 0 Å². The number of fused-ring (bicyclic) bond motifs is 1. The Labute approximate surface area is 133 Å². The van der Waals surface area contributed by atoms with Crippen molar-refractivity contribution < 1.29 is 14.3 Å². The highest BCUT2D eigenvalue weighted by molar-refractivity contribution is 5.67. The van der Waals surface area contributed by atoms with Crippen molar-refractivity contribution in [3.8, 4) is 5.75 Å². The molecular weight excluding hydrogens is 278 g/mol. The molecule has 1 aromatic rings. The summed E-state index contributed by atoms with van der Waals surface area (Å²) in [4.78, 5) is 13.3. The van der Waals surface area contributed by atoms with Crippen LogP contribution in [0.15, 0.2) is 18.2 Å². The summed E-state index contributed by atoms with van der Waals surface area (Å²) in [6, 6.07) is 6.40. The Morgan fingerprint density at radius 1 is 1.41 bits per heavy atom. The fourth-order valence-corrected chi connectivity index (χ4v) is 3.28. The van der Waals surface area contributed by atoms with Crippen molar-refractivity contribution in [3.63, 3.8) is 0 Å². The summed E-state index contributed by atoms with van der Waals surface area (Å²) < 4.78 is 10.4. The minimum Gasteiger partial charge on any atom is -0.497 e. The molecule has 1 amide bonds. The third-order valence-electron chi connectivity index (χ3n) is 4.75. The second kappa shape index (κ2) is 7.52. The molecular formula is C18H27NO3. The van der Waals surface area contributed by atoms with E-state index >= 15 is 0 Å². The predicted octanol–water partition coefficient (Wildman–Crippen LogP) is 3.84. The van der Waals surface area contributed by atoms with Crippen LogP contribution in [-0.4, -0.2) is 38.3 Å². The van der Waals surface area contributed by atoms with Crippen molar-refractivity contribution in [2.75, 3.05) is 27.3 Å². The van der Waals surface area contributed by atoms with Gasteiger partial charge in [0.15, 0.2) is 0 Å². The van der Waals surface area contributed by atoms with Crippen molar-refractivity contribution in [2.24, 2.45) is 5.92 Å². The van der Waals surface area contributed by atoms with Crippen molar-refractivity contribution in [1.82, 2.24) is 4.90 Å². The van der Waals surface area contributed by atoms with Gasteiger partial charge in [-0.1, -0.05) is 13.0 Å². The number of ether oxygens (including phenoxy) is 2. The normalized spacial score (nSPS) is 20.2. The van der Waals surface area contributed by atoms with Gasteiger partial charge in [0.1, 0.15) is 5.75 Å². The second-order valence-electron chi connectivity index (χ2n) is 6.06. The average molecular weight is 305 g/mol. The van der Waals surface area contributed by atoms with E-state index in [4.69, 9.17) is 9.47 Å². The summed E-state index contributed by atoms with van der Waals surface area (Å²) in [5, 5.41) is 0. The number of aryl methyl sites for hydroxylation is 1. The summed E-state index contributed by atoms with van der Waals surface area (Å²) in [7, 11) is 3.52. The molecule has 1 aromatic carbocycles. The number of carbonyl (C=O) groups excluding carboxylic acids is 1. The Morgan fingerprint density at radius 2 is 2.18 bits per heavy atom. The van der Waals surface area contributed by atoms with E-state index in [-0.39, 0.29) is 6.09 Å². The number of methoxy groups -OCH3 is 1. The Bertz CT molecular complexity index is 515. The molecule has 0 aliphatic heterocycles. The highest BCUT2D eigenvalue weighted by Gasteiger charge is 2.27. The highest BCUT2D eigenvalue weighted by atomic mass is 16.6. The van der Waals surface area contributed by atoms with Crippen molar-refractivity contribution in [1.29, 1.82) is 0 Å². The summed E-state index contributed by atoms with van der Waals surface area (Å²) in [6.45, 7) is 5.29. The lowest BCUT2D eigenvalue weighted by atomic mass is 9.74. The van der Waals surface area contributed by atoms with Crippen LogP contribution in [0, 0.1) is 5.92 Å². The number of amides is 1. The molecule has 22 heavy (non-hydrogen) atoms. The number of benzene rings is 1. The molecule has 2 rings (SSSR count). The lowest BCUT2D eigenvalue weighted by molar-refractivity contribution is 0.113. The van der Waals surface area contributed by atoms with Gasteiger partial charge in [-0.2, -0.15) is 0 Å². The average Bonchev–Trinajstić information content (AvgIpc) is 2.54. The third kappa shape index (κ3) is 3.73. The molecule has 4 nitrogen and oxygen atoms in total. The molecule has 0 saturated carbocycles. The van der Waals surface area contributed by atoms with Gasteiger partial charge in [0.2, 0.25) is 0 Å². The monoisotopic (exact) mass is 305 g/mol. The molecule has 0 saturated heterocycles. The number of hydrogen-bond acceptors (Lipinski definition) is 3. The molecule has 0 bridgehead atoms. The predicted molar refractivity (Wildman–Crippen MR) is 87.5 cm³/mol. The van der Waals surface area contributed by atoms with Crippen molar-refractivity contribution in [2.45, 2.75) is 39.0 Å². The van der Waals surface area contributed by atoms with Crippen LogP contribution in [-0.2, 0) is 11.2 Å². The van der Waals surface area contributed by atoms with Crippen LogP contribution in [0.3, 0.4) is 0 Å². The number of carbonyl (C=O) groups is 1. The molecule has 0 radical (unpaired) electrons. The van der Waals surface area contributed by atoms with Gasteiger partial charge in [0.25, 0.3) is 0 Å². The van der Waals surface area contributed by atoms with Crippen LogP contribution in [0.25, 0.3) is 0 Å². The first-order chi connectivity index (χ1) is 10.6. The quantitative estimate of drug-likeness (QED) is 0.829. The SMILES string of the molecule is CCOC(=O)N(C)CCC1CCc2ccc(OC)cc2C1C. The summed E-state index contributed by atoms with van der Waals surface area (Å²) >= 11 is 0. The first-order valence-corrected chi connectivity index (χ1v) is 8.11. The fraction of sp³-hybridized carbons (Fsp3) is 0.611. The zero-order valence-electron chi connectivity index (χ0n) is 14.1. The second-order valence-corrected chi connectivity index (χ2v) is 6.06. The Hall–Kier alpha value is -1.71. The number of nitrogens with zero attached hydrogens (tertiary/aromatic N) is 1. The maximum Gasteiger partial charge on any atom is 0.409 e. The van der Waals surface area contributed by atoms with E-state index in [1.54, 1.807) is 12.0 Å². The molecule has 1 aliphatic carbocycles. The van der Waals surface area contributed by atoms with Gasteiger partial charge in [-0.25, -0.2) is 4.79 Å². The Balaban J connectivity index is 1.98. The van der Waals surface area contributed by atoms with E-state index in [1.165, 1.54) is 17.5 Å². The fourth-order valence-electron chi connectivity index (χ4n) is 3.28. The largest absolute Gasteiger partial charge is 0.497 e. The molecule has 0 N–H and O–H groups in total. The van der Waals surface area contributed by atoms with Crippen LogP contribution in [0.2, 0.25) is 0 Å². The standard InChI is InChI=1S/C18H27NO3/c1-5-22-18(20)19(3)11-10-14-6-7-15-8-9-16(21-4)12-17(15)13(14)2/h8-9,12-14H,5-7,10-11H2,1-4H3. The Morgan fingerprint density at radius 3 is 2.86 bits per heavy atom. The smallest absolute Gasteiger partial charge is 0.409 e. The molecule has 122 valence electrons. The lowest BCUT2D eigenvalue weighted by Crippen LogP contribution is -2.31. The van der Waals surface area contributed by atoms with E-state index in [9.17, 15) is 4.79 Å². The zero-order chi connectivity index (χ0) is 16.1. The zero-order valence-corrected chi connectivity index (χ0v) is 14.1. The van der Waals surface area contributed by atoms with Crippen molar-refractivity contribution >= 4 is 6.09 Å². The van der Waals surface area contributed by atoms with Gasteiger partial charge < -0.3 is 14.4 Å². The molecule has 1 aliphatic rings. The first-order valence-electron chi connectivity index (χ1n) is 8.11. The molecule has 0 fully saturated rings. The van der Waals surface area contributed by atoms with Gasteiger partial charge in [-0.05, 0) is 61.3 Å². The summed E-state index contributed by atoms with van der Waals surface area (Å²) in [5.74, 6) is 2.01. The van der Waals surface area contributed by atoms with E-state index in [0.717, 1.165) is 25.1 Å². The van der Waals surface area contributed by atoms with Crippen LogP contribution < -0.4 is 4.74 Å². The highest BCUT2D eigenvalue weighted by Crippen LogP contribution is 2.39. The van der Waals surface area contributed by atoms with Crippen molar-refractivity contribution in [3.05, 3.63) is 29.3 Å². The van der Waals surface area contributed by atoms with Gasteiger partial charge in [0, 0.05) is 13.6 Å². The minimum atomic E-state index is -0.229. The lowest BCUT2D eigenvalue weighted by Gasteiger charge is -2.32. The minimum absolute atomic E-state index is 0.229. The molecule has 2 unspecified atom stereocenters. The van der Waals surface area contributed by atoms with Crippen LogP contribution >= 0.6 is 0 Å². The molecule has 4 heteroatoms.